The predicted octanol–water partition coefficient (Wildman–Crippen LogP) is 4.77. The molecule has 0 atom stereocenters. The molecule has 3 aromatic carbocycles. The van der Waals surface area contributed by atoms with Gasteiger partial charge in [0.15, 0.2) is 0 Å². The van der Waals surface area contributed by atoms with E-state index in [0.29, 0.717) is 5.56 Å². The van der Waals surface area contributed by atoms with Crippen LogP contribution in [-0.2, 0) is 10.1 Å². The van der Waals surface area contributed by atoms with Gasteiger partial charge < -0.3 is 0 Å². The minimum Gasteiger partial charge on any atom is -0.282 e. The largest absolute Gasteiger partial charge is 0.294 e. The van der Waals surface area contributed by atoms with Crippen LogP contribution in [0.3, 0.4) is 0 Å². The molecule has 0 saturated carbocycles. The first-order valence-corrected chi connectivity index (χ1v) is 8.88. The Kier molecular flexibility index (Phi) is 4.60. The summed E-state index contributed by atoms with van der Waals surface area (Å²) < 4.78 is 31.6. The van der Waals surface area contributed by atoms with Crippen molar-refractivity contribution in [2.24, 2.45) is 0 Å². The second-order valence-corrected chi connectivity index (χ2v) is 6.76. The molecule has 0 amide bonds. The maximum absolute atomic E-state index is 11.2. The summed E-state index contributed by atoms with van der Waals surface area (Å²) in [4.78, 5) is -0.110. The first-order valence-electron chi connectivity index (χ1n) is 7.44. The Morgan fingerprint density at radius 1 is 0.750 bits per heavy atom. The summed E-state index contributed by atoms with van der Waals surface area (Å²) in [6.07, 6.45) is 3.77. The van der Waals surface area contributed by atoms with E-state index in [2.05, 4.69) is 0 Å². The monoisotopic (exact) mass is 336 g/mol. The lowest BCUT2D eigenvalue weighted by atomic mass is 9.99. The molecule has 0 radical (unpaired) electrons. The molecular formula is C20H16O3S. The van der Waals surface area contributed by atoms with Crippen LogP contribution in [0.15, 0.2) is 83.8 Å². The Hall–Kier alpha value is -2.69. The van der Waals surface area contributed by atoms with Crippen molar-refractivity contribution in [3.8, 4) is 11.1 Å². The van der Waals surface area contributed by atoms with Gasteiger partial charge in [-0.3, -0.25) is 4.55 Å². The Bertz CT molecular complexity index is 975. The fourth-order valence-electron chi connectivity index (χ4n) is 2.49. The smallest absolute Gasteiger partial charge is 0.282 e. The minimum atomic E-state index is -4.19. The first kappa shape index (κ1) is 16.2. The van der Waals surface area contributed by atoms with E-state index < -0.39 is 10.1 Å². The van der Waals surface area contributed by atoms with E-state index in [9.17, 15) is 8.42 Å². The van der Waals surface area contributed by atoms with Crippen LogP contribution in [0.4, 0.5) is 0 Å². The molecule has 0 aliphatic heterocycles. The van der Waals surface area contributed by atoms with E-state index in [0.717, 1.165) is 16.7 Å². The van der Waals surface area contributed by atoms with E-state index >= 15 is 0 Å². The minimum absolute atomic E-state index is 0.110. The highest BCUT2D eigenvalue weighted by Gasteiger charge is 2.08. The fraction of sp³-hybridized carbons (Fsp3) is 0. The summed E-state index contributed by atoms with van der Waals surface area (Å²) in [5.74, 6) is 0. The van der Waals surface area contributed by atoms with Gasteiger partial charge in [0.05, 0.1) is 4.90 Å². The van der Waals surface area contributed by atoms with Crippen LogP contribution in [-0.4, -0.2) is 13.0 Å². The number of benzene rings is 3. The van der Waals surface area contributed by atoms with Crippen molar-refractivity contribution in [1.29, 1.82) is 0 Å². The zero-order chi connectivity index (χ0) is 17.0. The third-order valence-electron chi connectivity index (χ3n) is 3.66. The molecule has 0 aliphatic carbocycles. The molecule has 4 heteroatoms. The number of hydrogen-bond acceptors (Lipinski definition) is 2. The zero-order valence-corrected chi connectivity index (χ0v) is 13.6. The molecule has 0 bridgehead atoms. The van der Waals surface area contributed by atoms with Gasteiger partial charge in [-0.15, -0.1) is 0 Å². The van der Waals surface area contributed by atoms with Gasteiger partial charge in [0.2, 0.25) is 0 Å². The topological polar surface area (TPSA) is 54.4 Å². The van der Waals surface area contributed by atoms with Crippen molar-refractivity contribution in [3.63, 3.8) is 0 Å². The van der Waals surface area contributed by atoms with E-state index in [1.54, 1.807) is 12.1 Å². The molecule has 120 valence electrons. The van der Waals surface area contributed by atoms with Crippen LogP contribution in [0.5, 0.6) is 0 Å². The maximum atomic E-state index is 11.2. The van der Waals surface area contributed by atoms with Crippen LogP contribution >= 0.6 is 0 Å². The molecule has 0 heterocycles. The molecule has 3 aromatic rings. The highest BCUT2D eigenvalue weighted by Crippen LogP contribution is 2.25. The first-order chi connectivity index (χ1) is 11.5. The lowest BCUT2D eigenvalue weighted by Gasteiger charge is -2.06. The molecule has 0 spiro atoms. The van der Waals surface area contributed by atoms with Gasteiger partial charge in [0, 0.05) is 0 Å². The van der Waals surface area contributed by atoms with Crippen LogP contribution in [0.2, 0.25) is 0 Å². The van der Waals surface area contributed by atoms with Crippen LogP contribution in [0, 0.1) is 0 Å². The summed E-state index contributed by atoms with van der Waals surface area (Å²) in [6, 6.07) is 24.2. The van der Waals surface area contributed by atoms with E-state index in [4.69, 9.17) is 4.55 Å². The van der Waals surface area contributed by atoms with Crippen molar-refractivity contribution in [3.05, 3.63) is 90.0 Å². The number of rotatable bonds is 4. The lowest BCUT2D eigenvalue weighted by molar-refractivity contribution is 0.483. The van der Waals surface area contributed by atoms with Crippen LogP contribution in [0.1, 0.15) is 11.1 Å². The fourth-order valence-corrected chi connectivity index (χ4v) is 3.02. The Morgan fingerprint density at radius 3 is 2.21 bits per heavy atom. The molecular weight excluding hydrogens is 320 g/mol. The van der Waals surface area contributed by atoms with Gasteiger partial charge in [0.25, 0.3) is 10.1 Å². The summed E-state index contributed by atoms with van der Waals surface area (Å²) in [5.41, 5.74) is 3.94. The van der Waals surface area contributed by atoms with Crippen molar-refractivity contribution >= 4 is 22.3 Å². The summed E-state index contributed by atoms with van der Waals surface area (Å²) in [6.45, 7) is 0. The van der Waals surface area contributed by atoms with Crippen molar-refractivity contribution in [2.45, 2.75) is 4.90 Å². The lowest BCUT2D eigenvalue weighted by Crippen LogP contribution is -1.97. The van der Waals surface area contributed by atoms with Crippen LogP contribution < -0.4 is 0 Å². The maximum Gasteiger partial charge on any atom is 0.294 e. The Labute approximate surface area is 141 Å². The quantitative estimate of drug-likeness (QED) is 0.551. The van der Waals surface area contributed by atoms with Gasteiger partial charge >= 0.3 is 0 Å². The third kappa shape index (κ3) is 3.79. The van der Waals surface area contributed by atoms with Gasteiger partial charge in [-0.25, -0.2) is 0 Å². The zero-order valence-electron chi connectivity index (χ0n) is 12.8. The highest BCUT2D eigenvalue weighted by atomic mass is 32.2. The van der Waals surface area contributed by atoms with Gasteiger partial charge in [-0.05, 0) is 34.4 Å². The molecule has 3 nitrogen and oxygen atoms in total. The molecule has 1 N–H and O–H groups in total. The second-order valence-electron chi connectivity index (χ2n) is 5.33. The average molecular weight is 336 g/mol. The molecule has 0 saturated heterocycles. The molecule has 3 rings (SSSR count). The summed E-state index contributed by atoms with van der Waals surface area (Å²) in [7, 11) is -4.19. The van der Waals surface area contributed by atoms with Crippen molar-refractivity contribution < 1.29 is 13.0 Å². The van der Waals surface area contributed by atoms with Crippen molar-refractivity contribution in [1.82, 2.24) is 0 Å². The molecule has 0 unspecified atom stereocenters. The van der Waals surface area contributed by atoms with Gasteiger partial charge in [0.1, 0.15) is 0 Å². The summed E-state index contributed by atoms with van der Waals surface area (Å²) >= 11 is 0. The number of hydrogen-bond donors (Lipinski definition) is 1. The summed E-state index contributed by atoms with van der Waals surface area (Å²) in [5, 5.41) is 0. The van der Waals surface area contributed by atoms with Gasteiger partial charge in [-0.1, -0.05) is 78.9 Å². The molecule has 0 fully saturated rings. The van der Waals surface area contributed by atoms with E-state index in [1.807, 2.05) is 66.7 Å². The predicted molar refractivity (Wildman–Crippen MR) is 97.1 cm³/mol. The van der Waals surface area contributed by atoms with Crippen molar-refractivity contribution in [2.75, 3.05) is 0 Å². The Morgan fingerprint density at radius 2 is 1.46 bits per heavy atom. The van der Waals surface area contributed by atoms with Gasteiger partial charge in [-0.2, -0.15) is 8.42 Å². The SMILES string of the molecule is O=S(=O)(O)c1cccc(/C=C/c2ccccc2-c2ccccc2)c1. The van der Waals surface area contributed by atoms with E-state index in [1.165, 1.54) is 12.1 Å². The Balaban J connectivity index is 1.97. The highest BCUT2D eigenvalue weighted by molar-refractivity contribution is 7.85. The normalized spacial score (nSPS) is 11.7. The molecule has 0 aliphatic rings. The second kappa shape index (κ2) is 6.83. The standard InChI is InChI=1S/C20H16O3S/c21-24(22,23)19-11-6-7-16(15-19)13-14-18-10-4-5-12-20(18)17-8-2-1-3-9-17/h1-15H,(H,21,22,23)/b14-13+. The average Bonchev–Trinajstić information content (AvgIpc) is 2.60. The van der Waals surface area contributed by atoms with E-state index in [-0.39, 0.29) is 4.90 Å². The molecule has 24 heavy (non-hydrogen) atoms. The van der Waals surface area contributed by atoms with Crippen LogP contribution in [0.25, 0.3) is 23.3 Å². The third-order valence-corrected chi connectivity index (χ3v) is 4.51. The molecule has 0 aromatic heterocycles.